The van der Waals surface area contributed by atoms with E-state index in [2.05, 4.69) is 0 Å². The zero-order valence-electron chi connectivity index (χ0n) is 16.5. The van der Waals surface area contributed by atoms with Gasteiger partial charge in [0, 0.05) is 11.1 Å². The molecule has 0 amide bonds. The number of hydrogen-bond donors (Lipinski definition) is 0. The summed E-state index contributed by atoms with van der Waals surface area (Å²) in [5, 5.41) is 0. The first-order chi connectivity index (χ1) is 13.9. The lowest BCUT2D eigenvalue weighted by molar-refractivity contribution is 0.0923. The Morgan fingerprint density at radius 2 is 0.897 bits per heavy atom. The zero-order valence-corrected chi connectivity index (χ0v) is 17.3. The highest BCUT2D eigenvalue weighted by Crippen LogP contribution is 2.50. The van der Waals surface area contributed by atoms with Crippen molar-refractivity contribution in [1.29, 1.82) is 0 Å². The molecular weight excluding hydrogens is 384 g/mol. The summed E-state index contributed by atoms with van der Waals surface area (Å²) in [5.41, 5.74) is 0.830. The van der Waals surface area contributed by atoms with Gasteiger partial charge < -0.3 is 0 Å². The van der Waals surface area contributed by atoms with E-state index < -0.39 is 19.3 Å². The molecule has 4 rings (SSSR count). The Morgan fingerprint density at radius 1 is 0.586 bits per heavy atom. The van der Waals surface area contributed by atoms with Gasteiger partial charge in [0.05, 0.1) is 0 Å². The van der Waals surface area contributed by atoms with Crippen molar-refractivity contribution in [3.63, 3.8) is 0 Å². The number of rotatable bonds is 6. The maximum Gasteiger partial charge on any atom is 0.184 e. The predicted molar refractivity (Wildman–Crippen MR) is 113 cm³/mol. The van der Waals surface area contributed by atoms with Crippen LogP contribution in [0.5, 0.6) is 0 Å². The molecule has 0 aliphatic heterocycles. The fourth-order valence-corrected chi connectivity index (χ4v) is 8.33. The minimum absolute atomic E-state index is 0.298. The summed E-state index contributed by atoms with van der Waals surface area (Å²) in [6.07, 6.45) is 3.95. The van der Waals surface area contributed by atoms with Crippen LogP contribution in [-0.2, 0) is 9.84 Å². The summed E-state index contributed by atoms with van der Waals surface area (Å²) in [7, 11) is -4.06. The number of Topliss-reactive ketones (excluding diaryl/α,β-unsaturated/α-hetero) is 2. The van der Waals surface area contributed by atoms with Gasteiger partial charge in [-0.15, -0.1) is 0 Å². The van der Waals surface area contributed by atoms with Gasteiger partial charge in [0.15, 0.2) is 21.4 Å². The average Bonchev–Trinajstić information content (AvgIpc) is 3.45. The number of ketones is 2. The van der Waals surface area contributed by atoms with Crippen LogP contribution in [0.1, 0.15) is 72.1 Å². The summed E-state index contributed by atoms with van der Waals surface area (Å²) in [6.45, 7) is 0. The molecule has 0 unspecified atom stereocenters. The summed E-state index contributed by atoms with van der Waals surface area (Å²) < 4.78 is 25.5. The topological polar surface area (TPSA) is 68.3 Å². The van der Waals surface area contributed by atoms with E-state index in [9.17, 15) is 18.0 Å². The highest BCUT2D eigenvalue weighted by atomic mass is 32.2. The molecule has 0 bridgehead atoms. The van der Waals surface area contributed by atoms with Gasteiger partial charge in [0.25, 0.3) is 0 Å². The van der Waals surface area contributed by atoms with Crippen LogP contribution in [0, 0.1) is 0 Å². The third-order valence-corrected chi connectivity index (χ3v) is 10.00. The maximum absolute atomic E-state index is 14.3. The first-order valence-corrected chi connectivity index (χ1v) is 11.9. The highest BCUT2D eigenvalue weighted by Gasteiger charge is 2.64. The Kier molecular flexibility index (Phi) is 5.19. The Hall–Kier alpha value is -2.27. The molecule has 4 nitrogen and oxygen atoms in total. The molecule has 2 aliphatic carbocycles. The molecule has 0 spiro atoms. The molecule has 0 atom stereocenters. The van der Waals surface area contributed by atoms with Gasteiger partial charge in [-0.05, 0) is 25.7 Å². The van der Waals surface area contributed by atoms with E-state index >= 15 is 0 Å². The number of benzene rings is 2. The fourth-order valence-electron chi connectivity index (χ4n) is 5.21. The lowest BCUT2D eigenvalue weighted by Crippen LogP contribution is -2.57. The summed E-state index contributed by atoms with van der Waals surface area (Å²) in [6, 6.07) is 17.3. The Balaban J connectivity index is 1.85. The van der Waals surface area contributed by atoms with Crippen LogP contribution >= 0.6 is 0 Å². The van der Waals surface area contributed by atoms with Crippen LogP contribution in [0.25, 0.3) is 0 Å². The maximum atomic E-state index is 14.3. The van der Waals surface area contributed by atoms with Crippen molar-refractivity contribution < 1.29 is 18.0 Å². The van der Waals surface area contributed by atoms with E-state index in [1.807, 2.05) is 12.1 Å². The van der Waals surface area contributed by atoms with Crippen molar-refractivity contribution in [2.24, 2.45) is 0 Å². The molecule has 152 valence electrons. The summed E-state index contributed by atoms with van der Waals surface area (Å²) >= 11 is 0. The minimum atomic E-state index is -4.06. The van der Waals surface area contributed by atoms with Crippen molar-refractivity contribution in [3.05, 3.63) is 71.8 Å². The van der Waals surface area contributed by atoms with E-state index in [-0.39, 0.29) is 11.6 Å². The SMILES string of the molecule is O=C(c1ccccc1)C1(S(=O)(=O)C2(C(=O)c3ccccc3)CCCC2)CCCC1. The first-order valence-electron chi connectivity index (χ1n) is 10.4. The second kappa shape index (κ2) is 7.52. The second-order valence-corrected chi connectivity index (χ2v) is 10.9. The molecular formula is C24H26O4S. The van der Waals surface area contributed by atoms with Gasteiger partial charge >= 0.3 is 0 Å². The Bertz CT molecular complexity index is 920. The van der Waals surface area contributed by atoms with Crippen molar-refractivity contribution in [3.8, 4) is 0 Å². The molecule has 0 radical (unpaired) electrons. The number of sulfone groups is 1. The van der Waals surface area contributed by atoms with Crippen molar-refractivity contribution in [2.75, 3.05) is 0 Å². The predicted octanol–water partition coefficient (Wildman–Crippen LogP) is 4.79. The average molecular weight is 411 g/mol. The van der Waals surface area contributed by atoms with Gasteiger partial charge in [-0.1, -0.05) is 86.3 Å². The molecule has 5 heteroatoms. The van der Waals surface area contributed by atoms with Crippen LogP contribution in [0.15, 0.2) is 60.7 Å². The largest absolute Gasteiger partial charge is 0.292 e. The lowest BCUT2D eigenvalue weighted by atomic mass is 9.94. The van der Waals surface area contributed by atoms with Gasteiger partial charge in [0.1, 0.15) is 9.49 Å². The quantitative estimate of drug-likeness (QED) is 0.642. The number of carbonyl (C=O) groups is 2. The van der Waals surface area contributed by atoms with Crippen molar-refractivity contribution >= 4 is 21.4 Å². The number of carbonyl (C=O) groups excluding carboxylic acids is 2. The van der Waals surface area contributed by atoms with E-state index in [0.717, 1.165) is 0 Å². The molecule has 2 saturated carbocycles. The third kappa shape index (κ3) is 2.98. The van der Waals surface area contributed by atoms with Crippen LogP contribution in [0.2, 0.25) is 0 Å². The molecule has 0 aromatic heterocycles. The van der Waals surface area contributed by atoms with Gasteiger partial charge in [-0.25, -0.2) is 8.42 Å². The van der Waals surface area contributed by atoms with E-state index in [0.29, 0.717) is 62.5 Å². The van der Waals surface area contributed by atoms with Crippen molar-refractivity contribution in [2.45, 2.75) is 60.9 Å². The Morgan fingerprint density at radius 3 is 1.21 bits per heavy atom. The number of hydrogen-bond acceptors (Lipinski definition) is 4. The highest BCUT2D eigenvalue weighted by molar-refractivity contribution is 7.95. The van der Waals surface area contributed by atoms with Crippen LogP contribution in [-0.4, -0.2) is 29.5 Å². The lowest BCUT2D eigenvalue weighted by Gasteiger charge is -2.37. The molecule has 0 saturated heterocycles. The van der Waals surface area contributed by atoms with Crippen LogP contribution in [0.3, 0.4) is 0 Å². The monoisotopic (exact) mass is 410 g/mol. The van der Waals surface area contributed by atoms with Crippen LogP contribution in [0.4, 0.5) is 0 Å². The van der Waals surface area contributed by atoms with Gasteiger partial charge in [0.2, 0.25) is 0 Å². The van der Waals surface area contributed by atoms with Crippen LogP contribution < -0.4 is 0 Å². The molecule has 2 aliphatic rings. The Labute approximate surface area is 172 Å². The standard InChI is InChI=1S/C24H26O4S/c25-21(19-11-3-1-4-12-19)23(15-7-8-16-23)29(27,28)24(17-9-10-18-24)22(26)20-13-5-2-6-14-20/h1-6,11-14H,7-10,15-18H2. The normalized spacial score (nSPS) is 20.4. The summed E-state index contributed by atoms with van der Waals surface area (Å²) in [4.78, 5) is 27.2. The third-order valence-electron chi connectivity index (χ3n) is 6.75. The molecule has 0 heterocycles. The molecule has 0 N–H and O–H groups in total. The minimum Gasteiger partial charge on any atom is -0.292 e. The van der Waals surface area contributed by atoms with Crippen molar-refractivity contribution in [1.82, 2.24) is 0 Å². The smallest absolute Gasteiger partial charge is 0.184 e. The molecule has 29 heavy (non-hydrogen) atoms. The van der Waals surface area contributed by atoms with Gasteiger partial charge in [-0.2, -0.15) is 0 Å². The first kappa shape index (κ1) is 20.0. The summed E-state index contributed by atoms with van der Waals surface area (Å²) in [5.74, 6) is -0.689. The van der Waals surface area contributed by atoms with E-state index in [1.165, 1.54) is 0 Å². The second-order valence-electron chi connectivity index (χ2n) is 8.30. The molecule has 2 fully saturated rings. The van der Waals surface area contributed by atoms with E-state index in [4.69, 9.17) is 0 Å². The molecule has 2 aromatic rings. The van der Waals surface area contributed by atoms with Gasteiger partial charge in [-0.3, -0.25) is 9.59 Å². The zero-order chi connectivity index (χ0) is 20.5. The fraction of sp³-hybridized carbons (Fsp3) is 0.417. The van der Waals surface area contributed by atoms with E-state index in [1.54, 1.807) is 48.5 Å². The molecule has 2 aromatic carbocycles.